The second-order valence-electron chi connectivity index (χ2n) is 7.33. The molecule has 1 heterocycles. The number of carbonyl (C=O) groups excluding carboxylic acids is 1. The molecule has 0 unspecified atom stereocenters. The molecule has 5 rings (SSSR count). The minimum absolute atomic E-state index is 0.0451. The fraction of sp³-hybridized carbons (Fsp3) is 0.261. The molecule has 0 atom stereocenters. The van der Waals surface area contributed by atoms with Crippen LogP contribution in [0.2, 0.25) is 0 Å². The lowest BCUT2D eigenvalue weighted by atomic mass is 9.92. The van der Waals surface area contributed by atoms with Crippen LogP contribution < -0.4 is 0 Å². The third-order valence-corrected chi connectivity index (χ3v) is 5.79. The molecule has 0 bridgehead atoms. The second kappa shape index (κ2) is 5.96. The first-order valence-electron chi connectivity index (χ1n) is 9.38. The Balaban J connectivity index is 1.79. The number of aromatic hydroxyl groups is 1. The monoisotopic (exact) mass is 343 g/mol. The molecule has 3 heteroatoms. The minimum Gasteiger partial charge on any atom is -0.507 e. The van der Waals surface area contributed by atoms with Crippen molar-refractivity contribution < 1.29 is 9.90 Å². The van der Waals surface area contributed by atoms with E-state index in [2.05, 4.69) is 4.90 Å². The van der Waals surface area contributed by atoms with Crippen molar-refractivity contribution in [1.82, 2.24) is 4.90 Å². The number of piperidine rings is 1. The van der Waals surface area contributed by atoms with E-state index in [1.165, 1.54) is 19.3 Å². The average molecular weight is 343 g/mol. The summed E-state index contributed by atoms with van der Waals surface area (Å²) in [4.78, 5) is 15.6. The van der Waals surface area contributed by atoms with Gasteiger partial charge in [-0.2, -0.15) is 0 Å². The number of hydrogen-bond acceptors (Lipinski definition) is 3. The van der Waals surface area contributed by atoms with E-state index in [0.717, 1.165) is 46.1 Å². The number of phenolic OH excluding ortho intramolecular Hbond substituents is 1. The predicted molar refractivity (Wildman–Crippen MR) is 104 cm³/mol. The smallest absolute Gasteiger partial charge is 0.194 e. The largest absolute Gasteiger partial charge is 0.507 e. The van der Waals surface area contributed by atoms with E-state index >= 15 is 0 Å². The molecule has 0 amide bonds. The van der Waals surface area contributed by atoms with Crippen molar-refractivity contribution in [3.63, 3.8) is 0 Å². The van der Waals surface area contributed by atoms with Crippen molar-refractivity contribution >= 4 is 16.6 Å². The lowest BCUT2D eigenvalue weighted by Crippen LogP contribution is -2.29. The highest BCUT2D eigenvalue weighted by Crippen LogP contribution is 2.47. The zero-order chi connectivity index (χ0) is 17.7. The number of ketones is 1. The predicted octanol–water partition coefficient (Wildman–Crippen LogP) is 4.74. The van der Waals surface area contributed by atoms with Gasteiger partial charge < -0.3 is 5.11 Å². The molecule has 0 saturated carbocycles. The summed E-state index contributed by atoms with van der Waals surface area (Å²) in [6, 6.07) is 15.7. The van der Waals surface area contributed by atoms with E-state index in [0.29, 0.717) is 12.1 Å². The number of hydrogen-bond donors (Lipinski definition) is 1. The first-order chi connectivity index (χ1) is 12.8. The maximum atomic E-state index is 13.2. The van der Waals surface area contributed by atoms with E-state index in [9.17, 15) is 9.90 Å². The highest BCUT2D eigenvalue weighted by atomic mass is 16.3. The summed E-state index contributed by atoms with van der Waals surface area (Å²) < 4.78 is 0. The van der Waals surface area contributed by atoms with Crippen molar-refractivity contribution in [2.45, 2.75) is 25.8 Å². The van der Waals surface area contributed by atoms with Crippen LogP contribution in [0, 0.1) is 0 Å². The molecule has 26 heavy (non-hydrogen) atoms. The summed E-state index contributed by atoms with van der Waals surface area (Å²) in [7, 11) is 0. The Morgan fingerprint density at radius 1 is 0.808 bits per heavy atom. The molecular formula is C23H21NO2. The van der Waals surface area contributed by atoms with Gasteiger partial charge in [-0.05, 0) is 36.9 Å². The lowest BCUT2D eigenvalue weighted by Gasteiger charge is -2.28. The first-order valence-corrected chi connectivity index (χ1v) is 9.38. The van der Waals surface area contributed by atoms with Crippen molar-refractivity contribution in [1.29, 1.82) is 0 Å². The maximum Gasteiger partial charge on any atom is 0.194 e. The molecule has 1 fully saturated rings. The number of fused-ring (bicyclic) bond motifs is 5. The fourth-order valence-corrected chi connectivity index (χ4v) is 4.53. The molecule has 3 nitrogen and oxygen atoms in total. The molecule has 130 valence electrons. The van der Waals surface area contributed by atoms with Crippen molar-refractivity contribution in [3.8, 4) is 16.9 Å². The van der Waals surface area contributed by atoms with Gasteiger partial charge in [0.25, 0.3) is 0 Å². The summed E-state index contributed by atoms with van der Waals surface area (Å²) in [5.74, 6) is 0.315. The van der Waals surface area contributed by atoms with Crippen LogP contribution in [0.5, 0.6) is 5.75 Å². The van der Waals surface area contributed by atoms with Gasteiger partial charge in [0.2, 0.25) is 0 Å². The summed E-state index contributed by atoms with van der Waals surface area (Å²) in [5.41, 5.74) is 4.22. The van der Waals surface area contributed by atoms with Gasteiger partial charge in [-0.1, -0.05) is 55.0 Å². The molecule has 0 radical (unpaired) electrons. The minimum atomic E-state index is 0.0451. The number of likely N-dealkylation sites (tertiary alicyclic amines) is 1. The van der Waals surface area contributed by atoms with Crippen LogP contribution in [0.1, 0.15) is 40.7 Å². The van der Waals surface area contributed by atoms with E-state index in [1.54, 1.807) is 0 Å². The topological polar surface area (TPSA) is 40.5 Å². The van der Waals surface area contributed by atoms with Gasteiger partial charge in [0.05, 0.1) is 0 Å². The highest BCUT2D eigenvalue weighted by Gasteiger charge is 2.33. The Bertz CT molecular complexity index is 1030. The molecule has 1 aliphatic carbocycles. The van der Waals surface area contributed by atoms with Gasteiger partial charge in [0.15, 0.2) is 5.78 Å². The number of rotatable bonds is 2. The molecule has 3 aromatic carbocycles. The molecule has 1 N–H and O–H groups in total. The van der Waals surface area contributed by atoms with Crippen LogP contribution in [-0.2, 0) is 6.54 Å². The number of benzene rings is 3. The van der Waals surface area contributed by atoms with Crippen LogP contribution in [0.3, 0.4) is 0 Å². The molecule has 3 aromatic rings. The zero-order valence-corrected chi connectivity index (χ0v) is 14.7. The van der Waals surface area contributed by atoms with Crippen LogP contribution in [0.4, 0.5) is 0 Å². The summed E-state index contributed by atoms with van der Waals surface area (Å²) >= 11 is 0. The first kappa shape index (κ1) is 15.6. The van der Waals surface area contributed by atoms with E-state index in [-0.39, 0.29) is 11.5 Å². The van der Waals surface area contributed by atoms with Gasteiger partial charge in [-0.25, -0.2) is 0 Å². The van der Waals surface area contributed by atoms with E-state index < -0.39 is 0 Å². The Labute approximate surface area is 152 Å². The second-order valence-corrected chi connectivity index (χ2v) is 7.33. The number of carbonyl (C=O) groups is 1. The molecular weight excluding hydrogens is 322 g/mol. The van der Waals surface area contributed by atoms with E-state index in [1.807, 2.05) is 48.5 Å². The Morgan fingerprint density at radius 3 is 2.23 bits per heavy atom. The van der Waals surface area contributed by atoms with Crippen LogP contribution >= 0.6 is 0 Å². The molecule has 1 aliphatic heterocycles. The summed E-state index contributed by atoms with van der Waals surface area (Å²) in [6.45, 7) is 2.70. The van der Waals surface area contributed by atoms with Gasteiger partial charge >= 0.3 is 0 Å². The number of phenols is 1. The third kappa shape index (κ3) is 2.20. The molecule has 1 saturated heterocycles. The van der Waals surface area contributed by atoms with E-state index in [4.69, 9.17) is 0 Å². The SMILES string of the molecule is O=C1c2ccccc2-c2c1c(CN1CCCCC1)c(O)c1ccccc21. The van der Waals surface area contributed by atoms with Gasteiger partial charge in [0.1, 0.15) is 5.75 Å². The third-order valence-electron chi connectivity index (χ3n) is 5.79. The van der Waals surface area contributed by atoms with Crippen molar-refractivity contribution in [3.05, 3.63) is 65.2 Å². The van der Waals surface area contributed by atoms with Crippen LogP contribution in [0.25, 0.3) is 21.9 Å². The number of nitrogens with zero attached hydrogens (tertiary/aromatic N) is 1. The van der Waals surface area contributed by atoms with Crippen molar-refractivity contribution in [2.75, 3.05) is 13.1 Å². The quantitative estimate of drug-likeness (QED) is 0.571. The fourth-order valence-electron chi connectivity index (χ4n) is 4.53. The Morgan fingerprint density at radius 2 is 1.46 bits per heavy atom. The normalized spacial score (nSPS) is 16.7. The van der Waals surface area contributed by atoms with Gasteiger partial charge in [-0.3, -0.25) is 9.69 Å². The van der Waals surface area contributed by atoms with Gasteiger partial charge in [-0.15, -0.1) is 0 Å². The van der Waals surface area contributed by atoms with Crippen LogP contribution in [0.15, 0.2) is 48.5 Å². The van der Waals surface area contributed by atoms with Crippen LogP contribution in [-0.4, -0.2) is 28.9 Å². The zero-order valence-electron chi connectivity index (χ0n) is 14.7. The standard InChI is InChI=1S/C23H21NO2/c25-22-17-10-4-2-8-15(17)20-16-9-3-5-11-18(16)23(26)21(20)19(22)14-24-12-6-1-7-13-24/h2-5,8-11,25H,1,6-7,12-14H2. The average Bonchev–Trinajstić information content (AvgIpc) is 2.99. The summed E-state index contributed by atoms with van der Waals surface area (Å²) in [6.07, 6.45) is 3.64. The van der Waals surface area contributed by atoms with Crippen molar-refractivity contribution in [2.24, 2.45) is 0 Å². The molecule has 0 aromatic heterocycles. The Kier molecular flexibility index (Phi) is 3.57. The van der Waals surface area contributed by atoms with Gasteiger partial charge in [0, 0.05) is 34.2 Å². The Hall–Kier alpha value is -2.65. The lowest BCUT2D eigenvalue weighted by molar-refractivity contribution is 0.104. The summed E-state index contributed by atoms with van der Waals surface area (Å²) in [5, 5.41) is 12.9. The maximum absolute atomic E-state index is 13.2. The molecule has 2 aliphatic rings. The molecule has 0 spiro atoms. The highest BCUT2D eigenvalue weighted by molar-refractivity contribution is 6.27.